The van der Waals surface area contributed by atoms with E-state index in [4.69, 9.17) is 11.6 Å². The van der Waals surface area contributed by atoms with E-state index >= 15 is 0 Å². The van der Waals surface area contributed by atoms with Gasteiger partial charge in [0.1, 0.15) is 11.6 Å². The Bertz CT molecular complexity index is 829. The molecule has 0 atom stereocenters. The summed E-state index contributed by atoms with van der Waals surface area (Å²) in [7, 11) is 0. The van der Waals surface area contributed by atoms with E-state index < -0.39 is 5.91 Å². The van der Waals surface area contributed by atoms with Crippen LogP contribution in [-0.4, -0.2) is 10.9 Å². The second-order valence-electron chi connectivity index (χ2n) is 5.38. The largest absolute Gasteiger partial charge is 0.358 e. The number of aromatic nitrogens is 1. The molecule has 0 saturated carbocycles. The average molecular weight is 341 g/mol. The number of halogens is 1. The molecule has 2 aromatic rings. The van der Waals surface area contributed by atoms with Gasteiger partial charge in [-0.2, -0.15) is 5.26 Å². The molecule has 24 heavy (non-hydrogen) atoms. The van der Waals surface area contributed by atoms with E-state index in [9.17, 15) is 10.1 Å². The number of hydrogen-bond donors (Lipinski definition) is 2. The maximum absolute atomic E-state index is 12.3. The minimum atomic E-state index is -0.486. The van der Waals surface area contributed by atoms with Crippen LogP contribution in [0.1, 0.15) is 16.7 Å². The number of rotatable bonds is 4. The van der Waals surface area contributed by atoms with Gasteiger partial charge >= 0.3 is 0 Å². The first-order valence-corrected chi connectivity index (χ1v) is 7.66. The van der Waals surface area contributed by atoms with Crippen LogP contribution < -0.4 is 10.6 Å². The van der Waals surface area contributed by atoms with Crippen molar-refractivity contribution in [3.05, 3.63) is 64.1 Å². The van der Waals surface area contributed by atoms with E-state index in [2.05, 4.69) is 15.6 Å². The lowest BCUT2D eigenvalue weighted by Crippen LogP contribution is -2.16. The van der Waals surface area contributed by atoms with Crippen LogP contribution in [0.4, 0.5) is 11.4 Å². The van der Waals surface area contributed by atoms with Crippen molar-refractivity contribution < 1.29 is 4.79 Å². The predicted octanol–water partition coefficient (Wildman–Crippen LogP) is 4.12. The van der Waals surface area contributed by atoms with E-state index in [0.717, 1.165) is 16.7 Å². The molecule has 0 aliphatic heterocycles. The first kappa shape index (κ1) is 17.5. The van der Waals surface area contributed by atoms with E-state index in [-0.39, 0.29) is 10.7 Å². The van der Waals surface area contributed by atoms with Crippen molar-refractivity contribution in [2.24, 2.45) is 0 Å². The smallest absolute Gasteiger partial charge is 0.267 e. The number of nitrogens with zero attached hydrogens (tertiary/aromatic N) is 2. The molecule has 0 radical (unpaired) electrons. The summed E-state index contributed by atoms with van der Waals surface area (Å²) in [5, 5.41) is 15.1. The van der Waals surface area contributed by atoms with Gasteiger partial charge in [-0.25, -0.2) is 4.98 Å². The third-order valence-corrected chi connectivity index (χ3v) is 3.71. The minimum Gasteiger partial charge on any atom is -0.358 e. The monoisotopic (exact) mass is 340 g/mol. The fourth-order valence-electron chi connectivity index (χ4n) is 2.35. The molecule has 2 rings (SSSR count). The van der Waals surface area contributed by atoms with Gasteiger partial charge in [-0.3, -0.25) is 4.79 Å². The molecule has 0 aliphatic rings. The first-order valence-electron chi connectivity index (χ1n) is 7.29. The van der Waals surface area contributed by atoms with Crippen LogP contribution in [0, 0.1) is 32.1 Å². The van der Waals surface area contributed by atoms with Gasteiger partial charge in [-0.05, 0) is 44.0 Å². The average Bonchev–Trinajstić information content (AvgIpc) is 2.53. The Morgan fingerprint density at radius 3 is 2.54 bits per heavy atom. The van der Waals surface area contributed by atoms with Gasteiger partial charge in [-0.15, -0.1) is 0 Å². The molecule has 0 saturated heterocycles. The Labute approximate surface area is 146 Å². The Balaban J connectivity index is 2.20. The van der Waals surface area contributed by atoms with E-state index in [1.54, 1.807) is 18.3 Å². The molecule has 0 spiro atoms. The summed E-state index contributed by atoms with van der Waals surface area (Å²) >= 11 is 5.93. The van der Waals surface area contributed by atoms with Crippen molar-refractivity contribution >= 4 is 28.9 Å². The van der Waals surface area contributed by atoms with E-state index in [1.165, 1.54) is 6.20 Å². The molecule has 1 amide bonds. The van der Waals surface area contributed by atoms with E-state index in [0.29, 0.717) is 11.4 Å². The Morgan fingerprint density at radius 2 is 1.96 bits per heavy atom. The van der Waals surface area contributed by atoms with Crippen molar-refractivity contribution in [2.45, 2.75) is 20.8 Å². The number of benzene rings is 1. The quantitative estimate of drug-likeness (QED) is 0.498. The second-order valence-corrected chi connectivity index (χ2v) is 5.74. The zero-order chi connectivity index (χ0) is 17.7. The van der Waals surface area contributed by atoms with Crippen molar-refractivity contribution in [3.8, 4) is 6.07 Å². The minimum absolute atomic E-state index is 0.0608. The molecule has 2 N–H and O–H groups in total. The van der Waals surface area contributed by atoms with Gasteiger partial charge in [0, 0.05) is 18.1 Å². The van der Waals surface area contributed by atoms with Gasteiger partial charge in [0.15, 0.2) is 5.15 Å². The molecule has 1 heterocycles. The highest BCUT2D eigenvalue weighted by Crippen LogP contribution is 2.23. The summed E-state index contributed by atoms with van der Waals surface area (Å²) in [6.45, 7) is 5.83. The highest BCUT2D eigenvalue weighted by atomic mass is 35.5. The number of hydrogen-bond acceptors (Lipinski definition) is 4. The van der Waals surface area contributed by atoms with Gasteiger partial charge in [0.25, 0.3) is 5.91 Å². The number of amides is 1. The van der Waals surface area contributed by atoms with E-state index in [1.807, 2.05) is 39.0 Å². The molecule has 5 nitrogen and oxygen atoms in total. The van der Waals surface area contributed by atoms with Gasteiger partial charge in [0.05, 0.1) is 5.69 Å². The molecule has 1 aromatic carbocycles. The fraction of sp³-hybridized carbons (Fsp3) is 0.167. The van der Waals surface area contributed by atoms with Gasteiger partial charge < -0.3 is 10.6 Å². The molecule has 0 fully saturated rings. The standard InChI is InChI=1S/C18H17ClN4O/c1-11-7-12(2)16(13(3)8-11)23-18(24)14(9-20)10-22-15-5-4-6-21-17(15)19/h4-8,10,22H,1-3H3,(H,23,24)/b14-10-. The summed E-state index contributed by atoms with van der Waals surface area (Å²) in [5.74, 6) is -0.486. The third-order valence-electron chi connectivity index (χ3n) is 3.41. The van der Waals surface area contributed by atoms with Crippen LogP contribution in [0.25, 0.3) is 0 Å². The predicted molar refractivity (Wildman–Crippen MR) is 95.8 cm³/mol. The molecule has 0 aliphatic carbocycles. The number of pyridine rings is 1. The summed E-state index contributed by atoms with van der Waals surface area (Å²) in [6, 6.07) is 9.24. The number of anilines is 2. The lowest BCUT2D eigenvalue weighted by Gasteiger charge is -2.12. The maximum atomic E-state index is 12.3. The van der Waals surface area contributed by atoms with Gasteiger partial charge in [0.2, 0.25) is 0 Å². The number of carbonyl (C=O) groups is 1. The van der Waals surface area contributed by atoms with Crippen LogP contribution in [-0.2, 0) is 4.79 Å². The third kappa shape index (κ3) is 4.12. The number of carbonyl (C=O) groups excluding carboxylic acids is 1. The zero-order valence-electron chi connectivity index (χ0n) is 13.6. The summed E-state index contributed by atoms with van der Waals surface area (Å²) < 4.78 is 0. The Hall–Kier alpha value is -2.84. The van der Waals surface area contributed by atoms with Crippen molar-refractivity contribution in [2.75, 3.05) is 10.6 Å². The fourth-order valence-corrected chi connectivity index (χ4v) is 2.52. The lowest BCUT2D eigenvalue weighted by molar-refractivity contribution is -0.112. The highest BCUT2D eigenvalue weighted by molar-refractivity contribution is 6.32. The lowest BCUT2D eigenvalue weighted by atomic mass is 10.0. The van der Waals surface area contributed by atoms with Gasteiger partial charge in [-0.1, -0.05) is 29.3 Å². The maximum Gasteiger partial charge on any atom is 0.267 e. The molecular formula is C18H17ClN4O. The summed E-state index contributed by atoms with van der Waals surface area (Å²) in [5.41, 5.74) is 4.18. The summed E-state index contributed by atoms with van der Waals surface area (Å²) in [4.78, 5) is 16.3. The van der Waals surface area contributed by atoms with Crippen LogP contribution in [0.3, 0.4) is 0 Å². The molecule has 1 aromatic heterocycles. The van der Waals surface area contributed by atoms with Crippen LogP contribution in [0.2, 0.25) is 5.15 Å². The zero-order valence-corrected chi connectivity index (χ0v) is 14.4. The van der Waals surface area contributed by atoms with Crippen LogP contribution in [0.15, 0.2) is 42.2 Å². The first-order chi connectivity index (χ1) is 11.4. The summed E-state index contributed by atoms with van der Waals surface area (Å²) in [6.07, 6.45) is 2.87. The van der Waals surface area contributed by atoms with Crippen molar-refractivity contribution in [1.29, 1.82) is 5.26 Å². The molecular weight excluding hydrogens is 324 g/mol. The number of nitriles is 1. The Morgan fingerprint density at radius 1 is 1.29 bits per heavy atom. The highest BCUT2D eigenvalue weighted by Gasteiger charge is 2.13. The molecule has 0 unspecified atom stereocenters. The van der Waals surface area contributed by atoms with Crippen molar-refractivity contribution in [1.82, 2.24) is 4.98 Å². The Kier molecular flexibility index (Phi) is 5.56. The topological polar surface area (TPSA) is 77.8 Å². The van der Waals surface area contributed by atoms with Crippen LogP contribution >= 0.6 is 11.6 Å². The number of aryl methyl sites for hydroxylation is 3. The SMILES string of the molecule is Cc1cc(C)c(NC(=O)/C(C#N)=C\Nc2cccnc2Cl)c(C)c1. The van der Waals surface area contributed by atoms with Crippen molar-refractivity contribution in [3.63, 3.8) is 0 Å². The molecule has 0 bridgehead atoms. The molecule has 122 valence electrons. The molecule has 6 heteroatoms. The second kappa shape index (κ2) is 7.62. The normalized spacial score (nSPS) is 10.9. The number of nitrogens with one attached hydrogen (secondary N) is 2. The van der Waals surface area contributed by atoms with Crippen LogP contribution in [0.5, 0.6) is 0 Å².